The molecule has 0 bridgehead atoms. The summed E-state index contributed by atoms with van der Waals surface area (Å²) >= 11 is 1.14. The van der Waals surface area contributed by atoms with Gasteiger partial charge in [0.1, 0.15) is 5.58 Å². The summed E-state index contributed by atoms with van der Waals surface area (Å²) in [5, 5.41) is 0. The van der Waals surface area contributed by atoms with Crippen LogP contribution in [0, 0.1) is 0 Å². The highest BCUT2D eigenvalue weighted by Crippen LogP contribution is 2.39. The standard InChI is InChI=1S/C11H11NO2S/c12-11(4-1-5-11)7-2-3-8-9(6-7)15-10(13)14-8/h2-3,6H,1,4-5,12H2. The molecule has 3 nitrogen and oxygen atoms in total. The van der Waals surface area contributed by atoms with Crippen LogP contribution >= 0.6 is 11.3 Å². The largest absolute Gasteiger partial charge is 0.414 e. The smallest absolute Gasteiger partial charge is 0.396 e. The monoisotopic (exact) mass is 221 g/mol. The van der Waals surface area contributed by atoms with E-state index in [-0.39, 0.29) is 10.5 Å². The van der Waals surface area contributed by atoms with Crippen molar-refractivity contribution in [1.82, 2.24) is 0 Å². The van der Waals surface area contributed by atoms with E-state index in [9.17, 15) is 4.79 Å². The second-order valence-corrected chi connectivity index (χ2v) is 5.10. The van der Waals surface area contributed by atoms with Crippen LogP contribution in [0.1, 0.15) is 24.8 Å². The molecule has 1 heterocycles. The average molecular weight is 221 g/mol. The Labute approximate surface area is 90.5 Å². The third-order valence-corrected chi connectivity index (χ3v) is 3.94. The Hall–Kier alpha value is -1.13. The summed E-state index contributed by atoms with van der Waals surface area (Å²) in [6.45, 7) is 0. The van der Waals surface area contributed by atoms with Crippen LogP contribution in [-0.2, 0) is 5.54 Å². The Morgan fingerprint density at radius 1 is 1.40 bits per heavy atom. The molecule has 0 saturated heterocycles. The third-order valence-electron chi connectivity index (χ3n) is 3.15. The molecule has 3 rings (SSSR count). The predicted octanol–water partition coefficient (Wildman–Crippen LogP) is 2.19. The lowest BCUT2D eigenvalue weighted by Gasteiger charge is -2.38. The second kappa shape index (κ2) is 2.93. The minimum Gasteiger partial charge on any atom is -0.414 e. The van der Waals surface area contributed by atoms with Crippen molar-refractivity contribution in [2.24, 2.45) is 5.73 Å². The van der Waals surface area contributed by atoms with Gasteiger partial charge in [-0.3, -0.25) is 0 Å². The fourth-order valence-corrected chi connectivity index (χ4v) is 2.74. The van der Waals surface area contributed by atoms with E-state index < -0.39 is 0 Å². The van der Waals surface area contributed by atoms with Crippen LogP contribution in [0.3, 0.4) is 0 Å². The molecule has 15 heavy (non-hydrogen) atoms. The number of nitrogens with two attached hydrogens (primary N) is 1. The number of fused-ring (bicyclic) bond motifs is 1. The molecule has 2 aromatic rings. The Balaban J connectivity index is 2.17. The number of hydrogen-bond acceptors (Lipinski definition) is 4. The lowest BCUT2D eigenvalue weighted by Crippen LogP contribution is -2.43. The number of rotatable bonds is 1. The van der Waals surface area contributed by atoms with Gasteiger partial charge in [0, 0.05) is 5.54 Å². The maximum absolute atomic E-state index is 11.1. The van der Waals surface area contributed by atoms with E-state index in [2.05, 4.69) is 0 Å². The molecule has 0 atom stereocenters. The summed E-state index contributed by atoms with van der Waals surface area (Å²) in [5.74, 6) is 0. The summed E-state index contributed by atoms with van der Waals surface area (Å²) in [5.41, 5.74) is 7.84. The van der Waals surface area contributed by atoms with E-state index in [0.29, 0.717) is 5.58 Å². The third kappa shape index (κ3) is 1.33. The molecule has 0 unspecified atom stereocenters. The number of benzene rings is 1. The molecule has 1 aromatic carbocycles. The van der Waals surface area contributed by atoms with Crippen molar-refractivity contribution in [2.75, 3.05) is 0 Å². The van der Waals surface area contributed by atoms with Gasteiger partial charge in [0.2, 0.25) is 0 Å². The average Bonchev–Trinajstić information content (AvgIpc) is 2.53. The van der Waals surface area contributed by atoms with Gasteiger partial charge in [-0.1, -0.05) is 17.4 Å². The minimum atomic E-state index is -0.248. The minimum absolute atomic E-state index is 0.165. The first kappa shape index (κ1) is 9.12. The van der Waals surface area contributed by atoms with E-state index >= 15 is 0 Å². The van der Waals surface area contributed by atoms with E-state index in [4.69, 9.17) is 10.2 Å². The Morgan fingerprint density at radius 3 is 2.87 bits per heavy atom. The molecule has 1 aromatic heterocycles. The molecule has 4 heteroatoms. The summed E-state index contributed by atoms with van der Waals surface area (Å²) < 4.78 is 5.91. The quantitative estimate of drug-likeness (QED) is 0.803. The van der Waals surface area contributed by atoms with Crippen molar-refractivity contribution in [1.29, 1.82) is 0 Å². The first-order valence-corrected chi connectivity index (χ1v) is 5.82. The molecular formula is C11H11NO2S. The van der Waals surface area contributed by atoms with Gasteiger partial charge in [0.05, 0.1) is 4.70 Å². The highest BCUT2D eigenvalue weighted by molar-refractivity contribution is 7.16. The van der Waals surface area contributed by atoms with Crippen LogP contribution in [0.15, 0.2) is 27.4 Å². The van der Waals surface area contributed by atoms with Crippen molar-refractivity contribution in [3.05, 3.63) is 33.5 Å². The molecule has 0 amide bonds. The lowest BCUT2D eigenvalue weighted by atomic mass is 9.73. The molecule has 78 valence electrons. The van der Waals surface area contributed by atoms with Gasteiger partial charge in [0.25, 0.3) is 0 Å². The van der Waals surface area contributed by atoms with Gasteiger partial charge in [-0.15, -0.1) is 0 Å². The summed E-state index contributed by atoms with van der Waals surface area (Å²) in [4.78, 5) is 10.8. The summed E-state index contributed by atoms with van der Waals surface area (Å²) in [6.07, 6.45) is 3.26. The van der Waals surface area contributed by atoms with Crippen LogP contribution in [0.4, 0.5) is 0 Å². The maximum Gasteiger partial charge on any atom is 0.396 e. The topological polar surface area (TPSA) is 56.2 Å². The Bertz CT molecular complexity index is 565. The first-order valence-electron chi connectivity index (χ1n) is 5.00. The van der Waals surface area contributed by atoms with Crippen molar-refractivity contribution < 1.29 is 4.42 Å². The molecular weight excluding hydrogens is 210 g/mol. The van der Waals surface area contributed by atoms with Crippen LogP contribution in [0.2, 0.25) is 0 Å². The normalized spacial score (nSPS) is 19.0. The van der Waals surface area contributed by atoms with Crippen molar-refractivity contribution in [3.63, 3.8) is 0 Å². The molecule has 1 aliphatic rings. The zero-order valence-electron chi connectivity index (χ0n) is 8.16. The highest BCUT2D eigenvalue weighted by Gasteiger charge is 2.34. The highest BCUT2D eigenvalue weighted by atomic mass is 32.1. The van der Waals surface area contributed by atoms with Gasteiger partial charge >= 0.3 is 4.94 Å². The van der Waals surface area contributed by atoms with E-state index in [1.165, 1.54) is 6.42 Å². The Kier molecular flexibility index (Phi) is 1.78. The van der Waals surface area contributed by atoms with Crippen molar-refractivity contribution >= 4 is 21.6 Å². The fourth-order valence-electron chi connectivity index (χ4n) is 2.03. The molecule has 0 aliphatic heterocycles. The van der Waals surface area contributed by atoms with Crippen molar-refractivity contribution in [3.8, 4) is 0 Å². The number of hydrogen-bond donors (Lipinski definition) is 1. The zero-order chi connectivity index (χ0) is 10.5. The SMILES string of the molecule is NC1(c2ccc3oc(=O)sc3c2)CCC1. The molecule has 0 spiro atoms. The lowest BCUT2D eigenvalue weighted by molar-refractivity contribution is 0.254. The van der Waals surface area contributed by atoms with Crippen LogP contribution in [0.5, 0.6) is 0 Å². The Morgan fingerprint density at radius 2 is 2.20 bits per heavy atom. The predicted molar refractivity (Wildman–Crippen MR) is 60.1 cm³/mol. The van der Waals surface area contributed by atoms with Gasteiger partial charge in [0.15, 0.2) is 0 Å². The van der Waals surface area contributed by atoms with Crippen LogP contribution in [-0.4, -0.2) is 0 Å². The van der Waals surface area contributed by atoms with E-state index in [0.717, 1.165) is 34.4 Å². The first-order chi connectivity index (χ1) is 7.17. The molecule has 1 fully saturated rings. The molecule has 1 saturated carbocycles. The van der Waals surface area contributed by atoms with Crippen LogP contribution in [0.25, 0.3) is 10.3 Å². The van der Waals surface area contributed by atoms with Crippen LogP contribution < -0.4 is 10.7 Å². The molecule has 2 N–H and O–H groups in total. The van der Waals surface area contributed by atoms with Gasteiger partial charge in [-0.05, 0) is 37.0 Å². The van der Waals surface area contributed by atoms with Gasteiger partial charge < -0.3 is 10.2 Å². The summed E-state index contributed by atoms with van der Waals surface area (Å²) in [7, 11) is 0. The van der Waals surface area contributed by atoms with E-state index in [1.54, 1.807) is 0 Å². The van der Waals surface area contributed by atoms with Gasteiger partial charge in [-0.2, -0.15) is 0 Å². The zero-order valence-corrected chi connectivity index (χ0v) is 8.97. The molecule has 0 radical (unpaired) electrons. The van der Waals surface area contributed by atoms with E-state index in [1.807, 2.05) is 18.2 Å². The molecule has 1 aliphatic carbocycles. The maximum atomic E-state index is 11.1. The summed E-state index contributed by atoms with van der Waals surface area (Å²) in [6, 6.07) is 5.80. The second-order valence-electron chi connectivity index (χ2n) is 4.13. The fraction of sp³-hybridized carbons (Fsp3) is 0.364. The van der Waals surface area contributed by atoms with Gasteiger partial charge in [-0.25, -0.2) is 4.79 Å². The van der Waals surface area contributed by atoms with Crippen molar-refractivity contribution in [2.45, 2.75) is 24.8 Å².